The van der Waals surface area contributed by atoms with Crippen molar-refractivity contribution in [3.8, 4) is 0 Å². The number of benzene rings is 2. The summed E-state index contributed by atoms with van der Waals surface area (Å²) >= 11 is 0. The van der Waals surface area contributed by atoms with E-state index in [9.17, 15) is 9.59 Å². The van der Waals surface area contributed by atoms with Crippen molar-refractivity contribution in [1.82, 2.24) is 4.90 Å². The summed E-state index contributed by atoms with van der Waals surface area (Å²) in [5, 5.41) is 2.95. The van der Waals surface area contributed by atoms with E-state index in [1.165, 1.54) is 7.11 Å². The minimum absolute atomic E-state index is 0.134. The molecule has 1 aliphatic heterocycles. The van der Waals surface area contributed by atoms with E-state index in [2.05, 4.69) is 5.32 Å². The van der Waals surface area contributed by atoms with Crippen LogP contribution in [0.2, 0.25) is 0 Å². The van der Waals surface area contributed by atoms with Gasteiger partial charge >= 0.3 is 5.97 Å². The van der Waals surface area contributed by atoms with Crippen LogP contribution < -0.4 is 5.32 Å². The Morgan fingerprint density at radius 3 is 2.58 bits per heavy atom. The summed E-state index contributed by atoms with van der Waals surface area (Å²) in [6, 6.07) is 13.5. The van der Waals surface area contributed by atoms with Gasteiger partial charge in [-0.05, 0) is 43.0 Å². The van der Waals surface area contributed by atoms with Crippen LogP contribution in [0.4, 0.5) is 5.69 Å². The molecule has 5 nitrogen and oxygen atoms in total. The number of ether oxygens (including phenoxy) is 1. The first-order valence-corrected chi connectivity index (χ1v) is 8.73. The summed E-state index contributed by atoms with van der Waals surface area (Å²) in [6.07, 6.45) is 0.555. The van der Waals surface area contributed by atoms with E-state index in [1.54, 1.807) is 0 Å². The molecular formula is C21H24N2O3. The van der Waals surface area contributed by atoms with E-state index in [1.807, 2.05) is 61.2 Å². The minimum atomic E-state index is -0.445. The second-order valence-corrected chi connectivity index (χ2v) is 6.78. The maximum Gasteiger partial charge on any atom is 0.323 e. The van der Waals surface area contributed by atoms with Crippen molar-refractivity contribution >= 4 is 17.6 Å². The van der Waals surface area contributed by atoms with Gasteiger partial charge in [-0.3, -0.25) is 14.5 Å². The van der Waals surface area contributed by atoms with Crippen LogP contribution in [0.15, 0.2) is 42.5 Å². The average molecular weight is 352 g/mol. The molecule has 0 unspecified atom stereocenters. The van der Waals surface area contributed by atoms with Gasteiger partial charge in [0.25, 0.3) is 0 Å². The quantitative estimate of drug-likeness (QED) is 0.860. The number of methoxy groups -OCH3 is 1. The van der Waals surface area contributed by atoms with Gasteiger partial charge in [0.15, 0.2) is 0 Å². The predicted octanol–water partition coefficient (Wildman–Crippen LogP) is 2.84. The van der Waals surface area contributed by atoms with Gasteiger partial charge in [0.05, 0.1) is 13.7 Å². The van der Waals surface area contributed by atoms with Crippen LogP contribution >= 0.6 is 0 Å². The molecule has 2 aromatic carbocycles. The highest BCUT2D eigenvalue weighted by Gasteiger charge is 2.33. The number of aryl methyl sites for hydroxylation is 2. The molecule has 3 rings (SSSR count). The maximum atomic E-state index is 12.6. The van der Waals surface area contributed by atoms with Crippen LogP contribution in [0.3, 0.4) is 0 Å². The highest BCUT2D eigenvalue weighted by molar-refractivity contribution is 5.93. The molecule has 26 heavy (non-hydrogen) atoms. The zero-order valence-electron chi connectivity index (χ0n) is 15.4. The molecule has 0 spiro atoms. The van der Waals surface area contributed by atoms with Crippen molar-refractivity contribution in [1.29, 1.82) is 0 Å². The third-order valence-electron chi connectivity index (χ3n) is 4.82. The van der Waals surface area contributed by atoms with Crippen molar-refractivity contribution in [2.24, 2.45) is 0 Å². The van der Waals surface area contributed by atoms with Crippen molar-refractivity contribution in [2.75, 3.05) is 19.0 Å². The van der Waals surface area contributed by atoms with E-state index >= 15 is 0 Å². The van der Waals surface area contributed by atoms with Gasteiger partial charge in [-0.15, -0.1) is 0 Å². The molecule has 0 aromatic heterocycles. The largest absolute Gasteiger partial charge is 0.468 e. The van der Waals surface area contributed by atoms with E-state index < -0.39 is 6.04 Å². The van der Waals surface area contributed by atoms with Crippen molar-refractivity contribution < 1.29 is 14.3 Å². The Kier molecular flexibility index (Phi) is 5.38. The van der Waals surface area contributed by atoms with Crippen LogP contribution in [-0.4, -0.2) is 36.5 Å². The molecule has 0 aliphatic carbocycles. The molecule has 1 heterocycles. The first-order valence-electron chi connectivity index (χ1n) is 8.73. The molecule has 0 saturated carbocycles. The second kappa shape index (κ2) is 7.70. The van der Waals surface area contributed by atoms with Crippen LogP contribution in [-0.2, 0) is 27.3 Å². The highest BCUT2D eigenvalue weighted by Crippen LogP contribution is 2.24. The van der Waals surface area contributed by atoms with Crippen LogP contribution in [0.1, 0.15) is 22.3 Å². The molecule has 0 bridgehead atoms. The number of amides is 1. The normalized spacial score (nSPS) is 16.7. The number of nitrogens with zero attached hydrogens (tertiary/aromatic N) is 1. The van der Waals surface area contributed by atoms with Crippen molar-refractivity contribution in [2.45, 2.75) is 32.9 Å². The zero-order valence-corrected chi connectivity index (χ0v) is 15.4. The molecule has 0 saturated heterocycles. The minimum Gasteiger partial charge on any atom is -0.468 e. The SMILES string of the molecule is COC(=O)[C@H]1Cc2ccccc2CN1CC(=O)Nc1ccc(C)cc1C. The Labute approximate surface area is 154 Å². The van der Waals surface area contributed by atoms with E-state index in [0.717, 1.165) is 27.9 Å². The Morgan fingerprint density at radius 1 is 1.15 bits per heavy atom. The Balaban J connectivity index is 1.75. The molecule has 1 N–H and O–H groups in total. The number of nitrogens with one attached hydrogen (secondary N) is 1. The number of hydrogen-bond donors (Lipinski definition) is 1. The summed E-state index contributed by atoms with van der Waals surface area (Å²) < 4.78 is 4.95. The van der Waals surface area contributed by atoms with Gasteiger partial charge in [0.2, 0.25) is 5.91 Å². The molecule has 1 atom stereocenters. The Hall–Kier alpha value is -2.66. The van der Waals surface area contributed by atoms with E-state index in [4.69, 9.17) is 4.74 Å². The van der Waals surface area contributed by atoms with Crippen molar-refractivity contribution in [3.05, 3.63) is 64.7 Å². The fraction of sp³-hybridized carbons (Fsp3) is 0.333. The topological polar surface area (TPSA) is 58.6 Å². The molecule has 0 fully saturated rings. The van der Waals surface area contributed by atoms with Gasteiger partial charge in [-0.2, -0.15) is 0 Å². The third kappa shape index (κ3) is 3.94. The number of carbonyl (C=O) groups excluding carboxylic acids is 2. The highest BCUT2D eigenvalue weighted by atomic mass is 16.5. The van der Waals surface area contributed by atoms with Gasteiger partial charge in [0.1, 0.15) is 6.04 Å². The monoisotopic (exact) mass is 352 g/mol. The summed E-state index contributed by atoms with van der Waals surface area (Å²) in [4.78, 5) is 26.7. The van der Waals surface area contributed by atoms with Gasteiger partial charge in [-0.1, -0.05) is 42.0 Å². The van der Waals surface area contributed by atoms with Crippen LogP contribution in [0, 0.1) is 13.8 Å². The lowest BCUT2D eigenvalue weighted by atomic mass is 9.94. The summed E-state index contributed by atoms with van der Waals surface area (Å²) in [7, 11) is 1.39. The second-order valence-electron chi connectivity index (χ2n) is 6.78. The third-order valence-corrected chi connectivity index (χ3v) is 4.82. The number of carbonyl (C=O) groups is 2. The molecule has 136 valence electrons. The number of anilines is 1. The summed E-state index contributed by atoms with van der Waals surface area (Å²) in [5.74, 6) is -0.441. The first-order chi connectivity index (χ1) is 12.5. The Morgan fingerprint density at radius 2 is 1.88 bits per heavy atom. The number of hydrogen-bond acceptors (Lipinski definition) is 4. The maximum absolute atomic E-state index is 12.6. The fourth-order valence-corrected chi connectivity index (χ4v) is 3.44. The fourth-order valence-electron chi connectivity index (χ4n) is 3.44. The lowest BCUT2D eigenvalue weighted by Gasteiger charge is -2.34. The average Bonchev–Trinajstić information content (AvgIpc) is 2.63. The molecule has 5 heteroatoms. The lowest BCUT2D eigenvalue weighted by molar-refractivity contribution is -0.148. The van der Waals surface area contributed by atoms with E-state index in [-0.39, 0.29) is 18.4 Å². The van der Waals surface area contributed by atoms with Crippen LogP contribution in [0.25, 0.3) is 0 Å². The molecular weight excluding hydrogens is 328 g/mol. The molecule has 1 amide bonds. The first kappa shape index (κ1) is 18.1. The number of fused-ring (bicyclic) bond motifs is 1. The zero-order chi connectivity index (χ0) is 18.7. The standard InChI is InChI=1S/C21H24N2O3/c1-14-8-9-18(15(2)10-14)22-20(24)13-23-12-17-7-5-4-6-16(17)11-19(23)21(25)26-3/h4-10,19H,11-13H2,1-3H3,(H,22,24)/t19-/m1/s1. The molecule has 1 aliphatic rings. The Bertz CT molecular complexity index is 832. The van der Waals surface area contributed by atoms with Gasteiger partial charge in [-0.25, -0.2) is 0 Å². The van der Waals surface area contributed by atoms with Crippen molar-refractivity contribution in [3.63, 3.8) is 0 Å². The number of rotatable bonds is 4. The van der Waals surface area contributed by atoms with Gasteiger partial charge in [0, 0.05) is 12.2 Å². The molecule has 2 aromatic rings. The smallest absolute Gasteiger partial charge is 0.323 e. The summed E-state index contributed by atoms with van der Waals surface area (Å²) in [6.45, 7) is 4.68. The summed E-state index contributed by atoms with van der Waals surface area (Å²) in [5.41, 5.74) is 5.25. The lowest BCUT2D eigenvalue weighted by Crippen LogP contribution is -2.49. The van der Waals surface area contributed by atoms with Crippen LogP contribution in [0.5, 0.6) is 0 Å². The number of esters is 1. The van der Waals surface area contributed by atoms with E-state index in [0.29, 0.717) is 13.0 Å². The van der Waals surface area contributed by atoms with Gasteiger partial charge < -0.3 is 10.1 Å². The molecule has 0 radical (unpaired) electrons. The predicted molar refractivity (Wildman–Crippen MR) is 101 cm³/mol.